The number of ether oxygens (including phenoxy) is 1. The molecule has 4 atom stereocenters. The van der Waals surface area contributed by atoms with Gasteiger partial charge in [-0.25, -0.2) is 0 Å². The average molecular weight is 386 g/mol. The quantitative estimate of drug-likeness (QED) is 0.605. The van der Waals surface area contributed by atoms with Crippen molar-refractivity contribution in [3.8, 4) is 17.1 Å². The molecule has 0 spiro atoms. The molecule has 3 N–H and O–H groups in total. The molecule has 0 saturated carbocycles. The molecule has 9 heteroatoms. The summed E-state index contributed by atoms with van der Waals surface area (Å²) in [5.74, 6) is 0.622. The van der Waals surface area contributed by atoms with E-state index in [1.54, 1.807) is 12.4 Å². The van der Waals surface area contributed by atoms with Crippen molar-refractivity contribution in [2.45, 2.75) is 28.9 Å². The second kappa shape index (κ2) is 7.75. The van der Waals surface area contributed by atoms with Gasteiger partial charge in [-0.2, -0.15) is 0 Å². The van der Waals surface area contributed by atoms with E-state index in [1.807, 2.05) is 47.0 Å². The lowest BCUT2D eigenvalue weighted by atomic mass is 10.1. The van der Waals surface area contributed by atoms with E-state index in [-0.39, 0.29) is 6.61 Å². The third-order valence-corrected chi connectivity index (χ3v) is 5.38. The number of aliphatic hydroxyl groups is 3. The van der Waals surface area contributed by atoms with E-state index in [4.69, 9.17) is 4.74 Å². The van der Waals surface area contributed by atoms with E-state index in [0.717, 1.165) is 23.0 Å². The van der Waals surface area contributed by atoms with E-state index in [9.17, 15) is 15.3 Å². The molecule has 0 radical (unpaired) electrons. The smallest absolute Gasteiger partial charge is 0.198 e. The summed E-state index contributed by atoms with van der Waals surface area (Å²) in [5, 5.41) is 38.9. The molecule has 3 aromatic rings. The maximum absolute atomic E-state index is 10.2. The van der Waals surface area contributed by atoms with Gasteiger partial charge in [-0.3, -0.25) is 9.55 Å². The van der Waals surface area contributed by atoms with E-state index in [2.05, 4.69) is 15.2 Å². The van der Waals surface area contributed by atoms with Crippen molar-refractivity contribution in [1.82, 2.24) is 19.7 Å². The molecule has 1 aliphatic heterocycles. The van der Waals surface area contributed by atoms with Gasteiger partial charge in [0.15, 0.2) is 11.0 Å². The molecular formula is C18H18N4O4S. The van der Waals surface area contributed by atoms with Gasteiger partial charge < -0.3 is 20.1 Å². The van der Waals surface area contributed by atoms with Crippen LogP contribution in [0.1, 0.15) is 0 Å². The van der Waals surface area contributed by atoms with Gasteiger partial charge in [0.25, 0.3) is 0 Å². The number of nitrogens with zero attached hydrogens (tertiary/aromatic N) is 4. The summed E-state index contributed by atoms with van der Waals surface area (Å²) in [6.07, 6.45) is -0.278. The highest BCUT2D eigenvalue weighted by Gasteiger charge is 2.39. The molecule has 0 bridgehead atoms. The van der Waals surface area contributed by atoms with Gasteiger partial charge in [0.05, 0.1) is 6.61 Å². The van der Waals surface area contributed by atoms with Gasteiger partial charge >= 0.3 is 0 Å². The third-order valence-electron chi connectivity index (χ3n) is 4.26. The van der Waals surface area contributed by atoms with Crippen molar-refractivity contribution < 1.29 is 20.1 Å². The number of hydrogen-bond acceptors (Lipinski definition) is 8. The number of pyridine rings is 1. The van der Waals surface area contributed by atoms with Gasteiger partial charge in [-0.05, 0) is 24.3 Å². The lowest BCUT2D eigenvalue weighted by Crippen LogP contribution is -2.51. The van der Waals surface area contributed by atoms with Crippen LogP contribution in [0.25, 0.3) is 17.1 Å². The molecule has 1 fully saturated rings. The van der Waals surface area contributed by atoms with Crippen LogP contribution >= 0.6 is 11.8 Å². The van der Waals surface area contributed by atoms with Crippen molar-refractivity contribution in [1.29, 1.82) is 0 Å². The van der Waals surface area contributed by atoms with Crippen LogP contribution in [-0.2, 0) is 4.74 Å². The topological polar surface area (TPSA) is 114 Å². The van der Waals surface area contributed by atoms with Gasteiger partial charge in [0.1, 0.15) is 23.7 Å². The Hall–Kier alpha value is -2.30. The normalized spacial score (nSPS) is 25.4. The number of benzene rings is 1. The first-order chi connectivity index (χ1) is 13.1. The maximum atomic E-state index is 10.2. The summed E-state index contributed by atoms with van der Waals surface area (Å²) < 4.78 is 7.35. The van der Waals surface area contributed by atoms with Crippen LogP contribution in [0.15, 0.2) is 60.0 Å². The summed E-state index contributed by atoms with van der Waals surface area (Å²) >= 11 is 1.15. The molecule has 140 valence electrons. The summed E-state index contributed by atoms with van der Waals surface area (Å²) in [7, 11) is 0. The van der Waals surface area contributed by atoms with Crippen molar-refractivity contribution in [2.75, 3.05) is 6.61 Å². The Balaban J connectivity index is 1.72. The average Bonchev–Trinajstić information content (AvgIpc) is 3.13. The zero-order valence-corrected chi connectivity index (χ0v) is 15.0. The number of para-hydroxylation sites is 1. The molecule has 4 rings (SSSR count). The fourth-order valence-corrected chi connectivity index (χ4v) is 3.87. The zero-order valence-electron chi connectivity index (χ0n) is 14.2. The van der Waals surface area contributed by atoms with Crippen molar-refractivity contribution in [3.05, 3.63) is 54.9 Å². The van der Waals surface area contributed by atoms with Crippen LogP contribution in [0.3, 0.4) is 0 Å². The summed E-state index contributed by atoms with van der Waals surface area (Å²) in [4.78, 5) is 4.03. The molecule has 8 nitrogen and oxygen atoms in total. The van der Waals surface area contributed by atoms with Crippen molar-refractivity contribution in [3.63, 3.8) is 0 Å². The highest BCUT2D eigenvalue weighted by atomic mass is 32.2. The molecule has 0 amide bonds. The largest absolute Gasteiger partial charge is 0.388 e. The fraction of sp³-hybridized carbons (Fsp3) is 0.278. The van der Waals surface area contributed by atoms with Crippen LogP contribution in [0.4, 0.5) is 0 Å². The van der Waals surface area contributed by atoms with E-state index < -0.39 is 23.7 Å². The minimum Gasteiger partial charge on any atom is -0.388 e. The highest BCUT2D eigenvalue weighted by Crippen LogP contribution is 2.33. The zero-order chi connectivity index (χ0) is 18.8. The molecule has 3 heterocycles. The first-order valence-corrected chi connectivity index (χ1v) is 9.27. The lowest BCUT2D eigenvalue weighted by molar-refractivity contribution is -0.161. The van der Waals surface area contributed by atoms with Gasteiger partial charge in [0, 0.05) is 23.6 Å². The molecule has 0 unspecified atom stereocenters. The molecule has 1 aliphatic rings. The number of thioether (sulfide) groups is 1. The Bertz CT molecular complexity index is 893. The van der Waals surface area contributed by atoms with Crippen LogP contribution in [-0.4, -0.2) is 65.4 Å². The number of rotatable bonds is 4. The van der Waals surface area contributed by atoms with Crippen LogP contribution in [0.2, 0.25) is 0 Å². The summed E-state index contributed by atoms with van der Waals surface area (Å²) in [6, 6.07) is 13.3. The van der Waals surface area contributed by atoms with Gasteiger partial charge in [-0.1, -0.05) is 30.0 Å². The molecule has 0 aliphatic carbocycles. The SMILES string of the molecule is O[C@@H]1[C@@H](O)[C@H](Sc2nnc(-c3ccncc3)n2-c2ccccc2)OC[C@H]1O. The van der Waals surface area contributed by atoms with E-state index in [0.29, 0.717) is 11.0 Å². The van der Waals surface area contributed by atoms with Gasteiger partial charge in [0.2, 0.25) is 0 Å². The van der Waals surface area contributed by atoms with E-state index >= 15 is 0 Å². The van der Waals surface area contributed by atoms with Crippen LogP contribution < -0.4 is 0 Å². The Morgan fingerprint density at radius 1 is 0.963 bits per heavy atom. The number of hydrogen-bond donors (Lipinski definition) is 3. The monoisotopic (exact) mass is 386 g/mol. The number of aromatic nitrogens is 4. The summed E-state index contributed by atoms with van der Waals surface area (Å²) in [6.45, 7) is -0.0629. The Morgan fingerprint density at radius 2 is 1.70 bits per heavy atom. The second-order valence-electron chi connectivity index (χ2n) is 6.08. The van der Waals surface area contributed by atoms with Crippen molar-refractivity contribution >= 4 is 11.8 Å². The Morgan fingerprint density at radius 3 is 2.44 bits per heavy atom. The predicted molar refractivity (Wildman–Crippen MR) is 98.2 cm³/mol. The molecular weight excluding hydrogens is 368 g/mol. The van der Waals surface area contributed by atoms with E-state index in [1.165, 1.54) is 0 Å². The Labute approximate surface area is 159 Å². The first-order valence-electron chi connectivity index (χ1n) is 8.39. The first kappa shape index (κ1) is 18.1. The van der Waals surface area contributed by atoms with Crippen LogP contribution in [0.5, 0.6) is 0 Å². The minimum absolute atomic E-state index is 0.0629. The molecule has 27 heavy (non-hydrogen) atoms. The predicted octanol–water partition coefficient (Wildman–Crippen LogP) is 0.860. The summed E-state index contributed by atoms with van der Waals surface area (Å²) in [5.41, 5.74) is 0.914. The third kappa shape index (κ3) is 3.60. The molecule has 1 saturated heterocycles. The minimum atomic E-state index is -1.27. The number of aliphatic hydroxyl groups excluding tert-OH is 3. The highest BCUT2D eigenvalue weighted by molar-refractivity contribution is 7.99. The molecule has 2 aromatic heterocycles. The van der Waals surface area contributed by atoms with Gasteiger partial charge in [-0.15, -0.1) is 10.2 Å². The maximum Gasteiger partial charge on any atom is 0.198 e. The standard InChI is InChI=1S/C18H18N4O4S/c23-13-10-26-17(15(25)14(13)24)27-18-21-20-16(11-6-8-19-9-7-11)22(18)12-4-2-1-3-5-12/h1-9,13-15,17,23-25H,10H2/t13-,14+,15-,17+/m1/s1. The van der Waals surface area contributed by atoms with Crippen molar-refractivity contribution in [2.24, 2.45) is 0 Å². The Kier molecular flexibility index (Phi) is 5.19. The molecule has 1 aromatic carbocycles. The second-order valence-corrected chi connectivity index (χ2v) is 7.15. The van der Waals surface area contributed by atoms with Crippen LogP contribution in [0, 0.1) is 0 Å². The fourth-order valence-electron chi connectivity index (χ4n) is 2.83. The lowest BCUT2D eigenvalue weighted by Gasteiger charge is -2.34.